The van der Waals surface area contributed by atoms with Gasteiger partial charge in [0.1, 0.15) is 0 Å². The van der Waals surface area contributed by atoms with E-state index in [9.17, 15) is 0 Å². The Bertz CT molecular complexity index is 1480. The predicted molar refractivity (Wildman–Crippen MR) is 320 cm³/mol. The SMILES string of the molecule is CCCC([Si](Cl)(Cl)Cl)[Si](C)(C)C1=[C-]CC=C1.CCCC([Si](Cl)(Cl)Cl)[Si](C)(C)C1=[C-]CC=C1.CCCC([Si](Cl)(Cl)Cl)[Si](C)(C)C1=[C-]CC=C1.CCCC([Si](Cl)(Cl)Cl)[Si](C)(C)C1=[C-]CC=C1.[Cl-].[Cl-].[Zr+2].[Zr+2]. The van der Waals surface area contributed by atoms with Crippen molar-refractivity contribution < 1.29 is 77.2 Å². The third kappa shape index (κ3) is 25.7. The molecule has 4 aliphatic carbocycles. The summed E-state index contributed by atoms with van der Waals surface area (Å²) in [6.07, 6.45) is 43.1. The number of rotatable bonds is 20. The molecule has 388 valence electrons. The van der Waals surface area contributed by atoms with Crippen LogP contribution >= 0.6 is 133 Å². The summed E-state index contributed by atoms with van der Waals surface area (Å²) < 4.78 is 0. The van der Waals surface area contributed by atoms with Crippen molar-refractivity contribution in [2.45, 2.75) is 178 Å². The molecule has 4 atom stereocenters. The molecule has 0 aromatic carbocycles. The first-order chi connectivity index (χ1) is 29.2. The van der Waals surface area contributed by atoms with Crippen molar-refractivity contribution in [3.05, 3.63) is 93.7 Å². The van der Waals surface area contributed by atoms with Gasteiger partial charge in [-0.05, 0) is 20.7 Å². The Hall–Kier alpha value is 5.48. The molecule has 4 unspecified atom stereocenters. The monoisotopic (exact) mass is 1490 g/mol. The third-order valence-electron chi connectivity index (χ3n) is 12.9. The van der Waals surface area contributed by atoms with E-state index in [1.165, 1.54) is 20.8 Å². The van der Waals surface area contributed by atoms with E-state index >= 15 is 0 Å². The van der Waals surface area contributed by atoms with Crippen molar-refractivity contribution in [2.75, 3.05) is 0 Å². The van der Waals surface area contributed by atoms with E-state index in [0.717, 1.165) is 77.0 Å². The number of hydrogen-bond acceptors (Lipinski definition) is 0. The van der Waals surface area contributed by atoms with Crippen LogP contribution in [0.5, 0.6) is 0 Å². The van der Waals surface area contributed by atoms with E-state index in [4.69, 9.17) is 133 Å². The van der Waals surface area contributed by atoms with Crippen LogP contribution < -0.4 is 24.8 Å². The Kier molecular flexibility index (Phi) is 42.3. The third-order valence-corrected chi connectivity index (χ3v) is 62.2. The largest absolute Gasteiger partial charge is 2.00 e. The summed E-state index contributed by atoms with van der Waals surface area (Å²) in [5.74, 6) is 0. The number of allylic oxidation sites excluding steroid dienone is 16. The second kappa shape index (κ2) is 36.0. The summed E-state index contributed by atoms with van der Waals surface area (Å²) in [6.45, 7) is 27.1. The van der Waals surface area contributed by atoms with Gasteiger partial charge in [-0.1, -0.05) is 131 Å². The van der Waals surface area contributed by atoms with Crippen molar-refractivity contribution in [3.63, 3.8) is 0 Å². The second-order valence-electron chi connectivity index (χ2n) is 19.2. The average Bonchev–Trinajstić information content (AvgIpc) is 4.01. The van der Waals surface area contributed by atoms with Crippen LogP contribution in [0.25, 0.3) is 0 Å². The molecule has 0 fully saturated rings. The predicted octanol–water partition coefficient (Wildman–Crippen LogP) is 15.2. The van der Waals surface area contributed by atoms with Crippen LogP contribution in [-0.2, 0) is 52.4 Å². The topological polar surface area (TPSA) is 0 Å². The van der Waals surface area contributed by atoms with Gasteiger partial charge in [0.25, 0.3) is 0 Å². The van der Waals surface area contributed by atoms with Crippen LogP contribution in [0.2, 0.25) is 73.0 Å². The minimum absolute atomic E-state index is 0. The molecule has 0 amide bonds. The zero-order valence-electron chi connectivity index (χ0n) is 41.7. The van der Waals surface area contributed by atoms with Gasteiger partial charge in [0.2, 0.25) is 0 Å². The van der Waals surface area contributed by atoms with E-state index in [1.54, 1.807) is 0 Å². The first-order valence-electron chi connectivity index (χ1n) is 22.6. The molecule has 4 rings (SSSR count). The summed E-state index contributed by atoms with van der Waals surface area (Å²) in [6, 6.07) is -10.5. The zero-order chi connectivity index (χ0) is 49.6. The molecular weight excluding hydrogens is 1430 g/mol. The van der Waals surface area contributed by atoms with Crippen LogP contribution in [0.15, 0.2) is 69.4 Å². The van der Waals surface area contributed by atoms with Crippen molar-refractivity contribution in [1.82, 2.24) is 0 Å². The second-order valence-corrected chi connectivity index (χ2v) is 75.8. The Morgan fingerprint density at radius 3 is 0.588 bits per heavy atom. The van der Waals surface area contributed by atoms with E-state index in [1.807, 2.05) is 0 Å². The summed E-state index contributed by atoms with van der Waals surface area (Å²) in [4.78, 5) is 0. The van der Waals surface area contributed by atoms with Gasteiger partial charge < -0.3 is 24.8 Å². The van der Waals surface area contributed by atoms with Gasteiger partial charge in [0.15, 0.2) is 0 Å². The Morgan fingerprint density at radius 1 is 0.353 bits per heavy atom. The van der Waals surface area contributed by atoms with Crippen molar-refractivity contribution in [2.24, 2.45) is 0 Å². The number of hydrogen-bond donors (Lipinski definition) is 0. The molecule has 0 aromatic heterocycles. The normalized spacial score (nSPS) is 17.6. The molecule has 0 saturated heterocycles. The maximum Gasteiger partial charge on any atom is 2.00 e. The fraction of sp³-hybridized carbons (Fsp3) is 0.636. The zero-order valence-corrected chi connectivity index (χ0v) is 65.2. The molecule has 0 N–H and O–H groups in total. The van der Waals surface area contributed by atoms with Gasteiger partial charge in [0, 0.05) is 32.3 Å². The quantitative estimate of drug-likeness (QED) is 0.0647. The fourth-order valence-electron chi connectivity index (χ4n) is 9.03. The van der Waals surface area contributed by atoms with Gasteiger partial charge in [-0.3, -0.25) is 24.3 Å². The molecule has 0 heterocycles. The average molecular weight is 1500 g/mol. The van der Waals surface area contributed by atoms with Crippen LogP contribution in [0, 0.1) is 24.3 Å². The molecule has 0 saturated carbocycles. The summed E-state index contributed by atoms with van der Waals surface area (Å²) in [7, 11) is -6.69. The Labute approximate surface area is 530 Å². The molecule has 68 heavy (non-hydrogen) atoms. The summed E-state index contributed by atoms with van der Waals surface area (Å²) in [5, 5.41) is 6.52. The molecule has 0 radical (unpaired) electrons. The van der Waals surface area contributed by atoms with E-state index < -0.39 is 56.3 Å². The standard InChI is InChI=1S/4C11H18Cl3Si2.2ClH.2Zr/c4*1-4-7-11(16(12,13)14)15(2,3)10-8-5-6-9-10;;;;/h4*5,8,11H,4,6-7H2,1-3H3;2*1H;;/q4*-1;;;2*+2/p-2. The van der Waals surface area contributed by atoms with Gasteiger partial charge in [-0.15, -0.1) is 159 Å². The van der Waals surface area contributed by atoms with Crippen molar-refractivity contribution in [3.8, 4) is 0 Å². The van der Waals surface area contributed by atoms with Crippen LogP contribution in [-0.4, -0.2) is 56.3 Å². The molecule has 0 aromatic rings. The van der Waals surface area contributed by atoms with Gasteiger partial charge in [-0.25, -0.2) is 45.1 Å². The van der Waals surface area contributed by atoms with Gasteiger partial charge in [-0.2, -0.15) is 24.3 Å². The molecule has 0 bridgehead atoms. The first-order valence-corrected chi connectivity index (χ1v) is 55.3. The van der Waals surface area contributed by atoms with E-state index in [2.05, 4.69) is 153 Å². The maximum atomic E-state index is 6.28. The minimum Gasteiger partial charge on any atom is -1.00 e. The molecule has 24 heteroatoms. The Morgan fingerprint density at radius 2 is 0.500 bits per heavy atom. The van der Waals surface area contributed by atoms with E-state index in [-0.39, 0.29) is 77.2 Å². The van der Waals surface area contributed by atoms with Crippen LogP contribution in [0.3, 0.4) is 0 Å². The van der Waals surface area contributed by atoms with Gasteiger partial charge >= 0.3 is 76.4 Å². The fourth-order valence-corrected chi connectivity index (χ4v) is 69.8. The van der Waals surface area contributed by atoms with Crippen molar-refractivity contribution in [1.29, 1.82) is 0 Å². The summed E-state index contributed by atoms with van der Waals surface area (Å²) in [5.41, 5.74) is 0. The molecule has 0 aliphatic heterocycles. The van der Waals surface area contributed by atoms with E-state index in [0.29, 0.717) is 20.7 Å². The first kappa shape index (κ1) is 80.0. The number of halogens is 14. The molecule has 4 aliphatic rings. The van der Waals surface area contributed by atoms with Crippen LogP contribution in [0.4, 0.5) is 0 Å². The summed E-state index contributed by atoms with van der Waals surface area (Å²) >= 11 is 75.4. The van der Waals surface area contributed by atoms with Crippen LogP contribution in [0.1, 0.15) is 105 Å². The smallest absolute Gasteiger partial charge is 1.00 e. The molecule has 0 nitrogen and oxygen atoms in total. The van der Waals surface area contributed by atoms with Crippen molar-refractivity contribution >= 4 is 189 Å². The minimum atomic E-state index is -2.63. The Balaban J connectivity index is -0.000000394. The maximum absolute atomic E-state index is 6.28. The molecule has 0 spiro atoms. The molecular formula is C44H72Cl14Si8Zr2-2. The van der Waals surface area contributed by atoms with Gasteiger partial charge in [0.05, 0.1) is 0 Å².